The van der Waals surface area contributed by atoms with Crippen LogP contribution in [0.2, 0.25) is 0 Å². The number of allylic oxidation sites excluding steroid dienone is 2. The molecule has 0 saturated carbocycles. The quantitative estimate of drug-likeness (QED) is 0.00558. The highest BCUT2D eigenvalue weighted by Crippen LogP contribution is 2.45. The fraction of sp³-hybridized carbons (Fsp3) is 0.522. The van der Waals surface area contributed by atoms with Gasteiger partial charge in [0.1, 0.15) is 31.4 Å². The first-order valence-electron chi connectivity index (χ1n) is 32.5. The van der Waals surface area contributed by atoms with E-state index in [1.165, 1.54) is 13.0 Å². The number of hydrogen-bond donors (Lipinski definition) is 10. The number of esters is 1. The Bertz CT molecular complexity index is 3140. The molecule has 10 atom stereocenters. The first-order chi connectivity index (χ1) is 45.0. The van der Waals surface area contributed by atoms with Crippen molar-refractivity contribution in [2.45, 2.75) is 179 Å². The summed E-state index contributed by atoms with van der Waals surface area (Å²) in [5.74, 6) is -2.35. The topological polar surface area (TPSA) is 347 Å². The zero-order valence-corrected chi connectivity index (χ0v) is 54.9. The molecule has 0 unspecified atom stereocenters. The lowest BCUT2D eigenvalue weighted by Gasteiger charge is -2.39. The molecule has 3 aromatic rings. The Kier molecular flexibility index (Phi) is 27.8. The van der Waals surface area contributed by atoms with Crippen LogP contribution in [0.1, 0.15) is 135 Å². The van der Waals surface area contributed by atoms with Crippen molar-refractivity contribution < 1.29 is 71.6 Å². The van der Waals surface area contributed by atoms with E-state index in [0.29, 0.717) is 62.9 Å². The molecule has 7 rings (SSSR count). The minimum Gasteiger partial charge on any atom is -0.459 e. The summed E-state index contributed by atoms with van der Waals surface area (Å²) < 4.78 is 34.6. The zero-order valence-electron chi connectivity index (χ0n) is 54.9. The van der Waals surface area contributed by atoms with Crippen LogP contribution in [0.5, 0.6) is 0 Å². The maximum absolute atomic E-state index is 13.8. The number of fused-ring (bicyclic) bond motifs is 3. The maximum atomic E-state index is 13.8. The monoisotopic (exact) mass is 1300 g/mol. The summed E-state index contributed by atoms with van der Waals surface area (Å²) in [4.78, 5) is 114. The van der Waals surface area contributed by atoms with Gasteiger partial charge >= 0.3 is 30.2 Å². The highest BCUT2D eigenvalue weighted by molar-refractivity contribution is 5.98. The molecule has 1 spiro atoms. The second kappa shape index (κ2) is 36.0. The molecule has 4 aliphatic rings. The van der Waals surface area contributed by atoms with Crippen molar-refractivity contribution in [3.05, 3.63) is 125 Å². The third-order valence-electron chi connectivity index (χ3n) is 16.9. The predicted molar refractivity (Wildman–Crippen MR) is 351 cm³/mol. The molecule has 3 aromatic carbocycles. The molecule has 11 N–H and O–H groups in total. The van der Waals surface area contributed by atoms with Crippen LogP contribution in [-0.2, 0) is 59.0 Å². The number of nitrogens with one attached hydrogen (secondary N) is 9. The number of ether oxygens (including phenoxy) is 6. The van der Waals surface area contributed by atoms with Gasteiger partial charge in [-0.1, -0.05) is 112 Å². The van der Waals surface area contributed by atoms with Crippen molar-refractivity contribution in [3.8, 4) is 11.1 Å². The first kappa shape index (κ1) is 72.6. The largest absolute Gasteiger partial charge is 0.459 e. The van der Waals surface area contributed by atoms with Crippen LogP contribution in [0.25, 0.3) is 11.1 Å². The van der Waals surface area contributed by atoms with Crippen molar-refractivity contribution in [1.82, 2.24) is 42.5 Å². The number of alkyl carbamates (subject to hydrolysis) is 2. The molecule has 0 bridgehead atoms. The van der Waals surface area contributed by atoms with E-state index in [0.717, 1.165) is 34.2 Å². The van der Waals surface area contributed by atoms with Gasteiger partial charge in [0, 0.05) is 63.5 Å². The maximum Gasteiger partial charge on any atom is 0.408 e. The van der Waals surface area contributed by atoms with Gasteiger partial charge in [0.25, 0.3) is 0 Å². The van der Waals surface area contributed by atoms with Gasteiger partial charge in [0.15, 0.2) is 0 Å². The van der Waals surface area contributed by atoms with E-state index in [4.69, 9.17) is 34.2 Å². The zero-order chi connectivity index (χ0) is 67.7. The number of carbonyl (C=O) groups excluding carboxylic acids is 9. The summed E-state index contributed by atoms with van der Waals surface area (Å²) in [5, 5.41) is 24.6. The standard InChI is InChI=1S/C69H94N10O15/c1-42(2)62(79-60(81)21-9-8-14-32-72-67(87)90-39-56-54-18-12-10-16-52(54)53-17-11-13-19-55(53)56)64(84)78-57(20-15-33-71-65(70)85)63(83)76-49-27-25-48(26-28-49)38-89-68(88)75-41-74-66(86)73-37-51-36-69(40-91-69)35-50(94-51)29-22-43(3)23-30-59-44(4)34-58(46(6)93-59)77-61(82)31-24-45(5)92-47(7)80/h10-13,16-19,22-29,31,42,44-46,50-51,56-59,62H,8-9,14-15,20-21,30,32-41H2,1-7H3,(H,72,87)(H,75,88)(H,76,83)(H,77,82)(H,78,84)(H,79,81)(H3,70,71,85)(H2,73,74,86)/b29-22+,31-24-,43-23+/t44-,45-,46+,50+,51-,57-,58+,59-,62-,69+/m0/s1. The highest BCUT2D eigenvalue weighted by Gasteiger charge is 2.51. The minimum atomic E-state index is -1.07. The van der Waals surface area contributed by atoms with Gasteiger partial charge in [-0.25, -0.2) is 19.2 Å². The van der Waals surface area contributed by atoms with Crippen LogP contribution < -0.4 is 53.6 Å². The number of unbranched alkanes of at least 4 members (excludes halogenated alkanes) is 2. The second-order valence-electron chi connectivity index (χ2n) is 25.0. The van der Waals surface area contributed by atoms with Gasteiger partial charge in [-0.3, -0.25) is 24.0 Å². The number of nitrogens with two attached hydrogens (primary N) is 1. The van der Waals surface area contributed by atoms with Gasteiger partial charge in [0.2, 0.25) is 23.6 Å². The van der Waals surface area contributed by atoms with E-state index < -0.39 is 60.2 Å². The first-order valence-corrected chi connectivity index (χ1v) is 32.5. The molecule has 3 aliphatic heterocycles. The summed E-state index contributed by atoms with van der Waals surface area (Å²) in [7, 11) is 0. The van der Waals surface area contributed by atoms with E-state index >= 15 is 0 Å². The summed E-state index contributed by atoms with van der Waals surface area (Å²) in [6.45, 7) is 13.8. The van der Waals surface area contributed by atoms with Crippen LogP contribution in [0, 0.1) is 11.8 Å². The number of urea groups is 2. The van der Waals surface area contributed by atoms with E-state index in [1.807, 2.05) is 50.3 Å². The fourth-order valence-corrected chi connectivity index (χ4v) is 11.7. The molecule has 10 amide bonds. The summed E-state index contributed by atoms with van der Waals surface area (Å²) in [5.41, 5.74) is 11.5. The number of primary amides is 1. The Morgan fingerprint density at radius 3 is 2.12 bits per heavy atom. The lowest BCUT2D eigenvalue weighted by Crippen LogP contribution is -2.54. The SMILES string of the molecule is CC(=O)O[C@@H](C)/C=C\C(=O)N[C@@H]1C[C@H](C)[C@H](C/C=C(C)/C=C/[C@@H]2C[C@]3(CO3)C[C@@H](CNC(=O)NCNC(=O)OCc3ccc(NC(=O)[C@H](CCCNC(N)=O)NC(=O)[C@@H](NC(=O)CCCCCNC(=O)OCC4c5ccccc5-c5ccccc54)C(C)C)cc3)O2)O[C@@H]1C. The van der Waals surface area contributed by atoms with Crippen molar-refractivity contribution in [3.63, 3.8) is 0 Å². The average Bonchev–Trinajstić information content (AvgIpc) is 1.63. The predicted octanol–water partition coefficient (Wildman–Crippen LogP) is 7.30. The Morgan fingerprint density at radius 2 is 1.44 bits per heavy atom. The molecule has 1 aliphatic carbocycles. The molecule has 3 fully saturated rings. The Hall–Kier alpha value is -8.81. The third-order valence-corrected chi connectivity index (χ3v) is 16.9. The molecular formula is C69H94N10O15. The number of amides is 10. The lowest BCUT2D eigenvalue weighted by atomic mass is 9.88. The Labute approximate surface area is 549 Å². The van der Waals surface area contributed by atoms with Crippen LogP contribution >= 0.6 is 0 Å². The fourth-order valence-electron chi connectivity index (χ4n) is 11.7. The Morgan fingerprint density at radius 1 is 0.745 bits per heavy atom. The van der Waals surface area contributed by atoms with Crippen molar-refractivity contribution in [2.24, 2.45) is 17.6 Å². The number of anilines is 1. The van der Waals surface area contributed by atoms with Gasteiger partial charge < -0.3 is 82.0 Å². The summed E-state index contributed by atoms with van der Waals surface area (Å²) >= 11 is 0. The summed E-state index contributed by atoms with van der Waals surface area (Å²) in [6, 6.07) is 19.3. The molecule has 510 valence electrons. The minimum absolute atomic E-state index is 0.0317. The lowest BCUT2D eigenvalue weighted by molar-refractivity contribution is -0.143. The molecule has 0 radical (unpaired) electrons. The second-order valence-corrected chi connectivity index (χ2v) is 25.0. The number of benzene rings is 3. The summed E-state index contributed by atoms with van der Waals surface area (Å²) in [6.07, 6.45) is 11.5. The number of hydrogen-bond acceptors (Lipinski definition) is 15. The number of rotatable bonds is 32. The molecule has 0 aromatic heterocycles. The van der Waals surface area contributed by atoms with Crippen molar-refractivity contribution >= 4 is 59.5 Å². The van der Waals surface area contributed by atoms with Crippen molar-refractivity contribution in [2.75, 3.05) is 44.8 Å². The number of carbonyl (C=O) groups is 9. The normalized spacial score (nSPS) is 21.6. The number of epoxide rings is 1. The van der Waals surface area contributed by atoms with Crippen molar-refractivity contribution in [1.29, 1.82) is 0 Å². The van der Waals surface area contributed by atoms with E-state index in [2.05, 4.69) is 85.1 Å². The molecule has 25 nitrogen and oxygen atoms in total. The van der Waals surface area contributed by atoms with Gasteiger partial charge in [-0.05, 0) is 117 Å². The van der Waals surface area contributed by atoms with Crippen LogP contribution in [-0.4, -0.2) is 148 Å². The van der Waals surface area contributed by atoms with Gasteiger partial charge in [0.05, 0.1) is 49.3 Å². The highest BCUT2D eigenvalue weighted by atomic mass is 16.6. The average molecular weight is 1300 g/mol. The molecule has 3 saturated heterocycles. The molecular weight excluding hydrogens is 1210 g/mol. The molecule has 25 heteroatoms. The third kappa shape index (κ3) is 23.6. The van der Waals surface area contributed by atoms with E-state index in [1.54, 1.807) is 51.1 Å². The molecule has 94 heavy (non-hydrogen) atoms. The van der Waals surface area contributed by atoms with E-state index in [9.17, 15) is 43.2 Å². The Balaban J connectivity index is 0.763. The van der Waals surface area contributed by atoms with Gasteiger partial charge in [-0.2, -0.15) is 0 Å². The smallest absolute Gasteiger partial charge is 0.408 e. The van der Waals surface area contributed by atoms with E-state index in [-0.39, 0.29) is 118 Å². The van der Waals surface area contributed by atoms with Crippen LogP contribution in [0.3, 0.4) is 0 Å². The van der Waals surface area contributed by atoms with Crippen LogP contribution in [0.15, 0.2) is 109 Å². The molecule has 3 heterocycles. The van der Waals surface area contributed by atoms with Crippen LogP contribution in [0.4, 0.5) is 24.9 Å². The van der Waals surface area contributed by atoms with Gasteiger partial charge in [-0.15, -0.1) is 0 Å².